The highest BCUT2D eigenvalue weighted by Crippen LogP contribution is 2.17. The predicted molar refractivity (Wildman–Crippen MR) is 73.5 cm³/mol. The lowest BCUT2D eigenvalue weighted by Gasteiger charge is -2.17. The Balaban J connectivity index is 1.76. The molecule has 1 aliphatic heterocycles. The monoisotopic (exact) mass is 237 g/mol. The molecule has 2 heteroatoms. The molecule has 2 aromatic carbocycles. The van der Waals surface area contributed by atoms with Crippen LogP contribution in [-0.4, -0.2) is 18.9 Å². The van der Waals surface area contributed by atoms with Gasteiger partial charge in [-0.1, -0.05) is 42.5 Å². The topological polar surface area (TPSA) is 21.6 Å². The Bertz CT molecular complexity index is 560. The second-order valence-corrected chi connectivity index (χ2v) is 4.34. The molecule has 0 unspecified atom stereocenters. The Morgan fingerprint density at radius 2 is 1.72 bits per heavy atom. The molecule has 0 amide bonds. The van der Waals surface area contributed by atoms with Crippen LogP contribution >= 0.6 is 0 Å². The van der Waals surface area contributed by atoms with Crippen molar-refractivity contribution in [2.45, 2.75) is 6.42 Å². The maximum absolute atomic E-state index is 5.77. The summed E-state index contributed by atoms with van der Waals surface area (Å²) in [7, 11) is 0. The molecule has 0 aliphatic carbocycles. The van der Waals surface area contributed by atoms with E-state index in [1.54, 1.807) is 0 Å². The van der Waals surface area contributed by atoms with Crippen molar-refractivity contribution >= 4 is 5.71 Å². The van der Waals surface area contributed by atoms with Crippen LogP contribution in [0.15, 0.2) is 59.6 Å². The Morgan fingerprint density at radius 3 is 2.61 bits per heavy atom. The van der Waals surface area contributed by atoms with Gasteiger partial charge in [-0.05, 0) is 24.1 Å². The van der Waals surface area contributed by atoms with E-state index in [0.717, 1.165) is 24.4 Å². The first kappa shape index (κ1) is 11.0. The summed E-state index contributed by atoms with van der Waals surface area (Å²) in [4.78, 5) is 4.58. The van der Waals surface area contributed by atoms with Crippen molar-refractivity contribution in [3.8, 4) is 5.75 Å². The molecule has 18 heavy (non-hydrogen) atoms. The van der Waals surface area contributed by atoms with Gasteiger partial charge in [0.2, 0.25) is 0 Å². The number of hydrogen-bond donors (Lipinski definition) is 0. The molecule has 0 aromatic heterocycles. The first-order valence-corrected chi connectivity index (χ1v) is 6.23. The lowest BCUT2D eigenvalue weighted by atomic mass is 9.98. The van der Waals surface area contributed by atoms with Crippen molar-refractivity contribution in [3.05, 3.63) is 65.7 Å². The van der Waals surface area contributed by atoms with Gasteiger partial charge in [0, 0.05) is 12.1 Å². The van der Waals surface area contributed by atoms with Crippen LogP contribution < -0.4 is 4.74 Å². The molecule has 1 aliphatic rings. The summed E-state index contributed by atoms with van der Waals surface area (Å²) in [5, 5.41) is 0. The summed E-state index contributed by atoms with van der Waals surface area (Å²) >= 11 is 0. The molecule has 1 heterocycles. The van der Waals surface area contributed by atoms with Gasteiger partial charge in [0.15, 0.2) is 0 Å². The van der Waals surface area contributed by atoms with Gasteiger partial charge in [0.05, 0.1) is 5.71 Å². The summed E-state index contributed by atoms with van der Waals surface area (Å²) in [5.41, 5.74) is 3.67. The van der Waals surface area contributed by atoms with Gasteiger partial charge in [0.25, 0.3) is 0 Å². The van der Waals surface area contributed by atoms with E-state index in [0.29, 0.717) is 6.61 Å². The van der Waals surface area contributed by atoms with Crippen LogP contribution in [0.1, 0.15) is 11.1 Å². The molecule has 3 rings (SSSR count). The number of benzene rings is 2. The molecule has 0 saturated heterocycles. The van der Waals surface area contributed by atoms with E-state index >= 15 is 0 Å². The highest BCUT2D eigenvalue weighted by molar-refractivity contribution is 6.03. The average molecular weight is 237 g/mol. The van der Waals surface area contributed by atoms with E-state index in [4.69, 9.17) is 4.74 Å². The maximum Gasteiger partial charge on any atom is 0.130 e. The van der Waals surface area contributed by atoms with Crippen molar-refractivity contribution in [1.82, 2.24) is 0 Å². The highest BCUT2D eigenvalue weighted by Gasteiger charge is 2.13. The summed E-state index contributed by atoms with van der Waals surface area (Å²) in [6.07, 6.45) is 1.03. The molecule has 2 nitrogen and oxygen atoms in total. The first-order valence-electron chi connectivity index (χ1n) is 6.23. The number of para-hydroxylation sites is 1. The third-order valence-corrected chi connectivity index (χ3v) is 3.13. The van der Waals surface area contributed by atoms with E-state index in [2.05, 4.69) is 29.3 Å². The van der Waals surface area contributed by atoms with Crippen molar-refractivity contribution in [3.63, 3.8) is 0 Å². The van der Waals surface area contributed by atoms with E-state index in [1.807, 2.05) is 30.3 Å². The summed E-state index contributed by atoms with van der Waals surface area (Å²) in [6.45, 7) is 1.41. The zero-order chi connectivity index (χ0) is 12.2. The van der Waals surface area contributed by atoms with E-state index < -0.39 is 0 Å². The molecule has 0 N–H and O–H groups in total. The van der Waals surface area contributed by atoms with Gasteiger partial charge in [0.1, 0.15) is 12.4 Å². The Labute approximate surface area is 107 Å². The minimum Gasteiger partial charge on any atom is -0.487 e. The van der Waals surface area contributed by atoms with Crippen molar-refractivity contribution in [1.29, 1.82) is 0 Å². The zero-order valence-corrected chi connectivity index (χ0v) is 10.2. The Morgan fingerprint density at radius 1 is 0.944 bits per heavy atom. The molecular weight excluding hydrogens is 222 g/mol. The smallest absolute Gasteiger partial charge is 0.130 e. The Hall–Kier alpha value is -2.09. The van der Waals surface area contributed by atoms with E-state index in [9.17, 15) is 0 Å². The summed E-state index contributed by atoms with van der Waals surface area (Å²) in [5.74, 6) is 0.892. The summed E-state index contributed by atoms with van der Waals surface area (Å²) in [6, 6.07) is 18.3. The van der Waals surface area contributed by atoms with Gasteiger partial charge < -0.3 is 4.74 Å². The highest BCUT2D eigenvalue weighted by atomic mass is 16.5. The molecule has 90 valence electrons. The van der Waals surface area contributed by atoms with Crippen LogP contribution in [0.4, 0.5) is 0 Å². The standard InChI is InChI=1S/C16H15NO/c1-2-7-14(8-3-1)18-12-16-15-9-5-4-6-13(15)10-11-17-16/h1-9H,10-12H2. The van der Waals surface area contributed by atoms with Crippen LogP contribution in [-0.2, 0) is 6.42 Å². The van der Waals surface area contributed by atoms with Gasteiger partial charge in [-0.15, -0.1) is 0 Å². The molecule has 0 radical (unpaired) electrons. The third kappa shape index (κ3) is 2.28. The Kier molecular flexibility index (Phi) is 3.09. The van der Waals surface area contributed by atoms with Crippen LogP contribution in [0, 0.1) is 0 Å². The van der Waals surface area contributed by atoms with Crippen molar-refractivity contribution < 1.29 is 4.74 Å². The molecule has 0 fully saturated rings. The molecule has 0 bridgehead atoms. The molecule has 2 aromatic rings. The van der Waals surface area contributed by atoms with E-state index in [1.165, 1.54) is 11.1 Å². The average Bonchev–Trinajstić information content (AvgIpc) is 2.46. The number of hydrogen-bond acceptors (Lipinski definition) is 2. The number of nitrogens with zero attached hydrogens (tertiary/aromatic N) is 1. The molecule has 0 spiro atoms. The normalized spacial score (nSPS) is 13.7. The van der Waals surface area contributed by atoms with Gasteiger partial charge in [-0.25, -0.2) is 0 Å². The number of rotatable bonds is 3. The largest absolute Gasteiger partial charge is 0.487 e. The van der Waals surface area contributed by atoms with E-state index in [-0.39, 0.29) is 0 Å². The van der Waals surface area contributed by atoms with Gasteiger partial charge in [-0.3, -0.25) is 4.99 Å². The van der Waals surface area contributed by atoms with Crippen LogP contribution in [0.2, 0.25) is 0 Å². The summed E-state index contributed by atoms with van der Waals surface area (Å²) < 4.78 is 5.77. The van der Waals surface area contributed by atoms with Gasteiger partial charge >= 0.3 is 0 Å². The first-order chi connectivity index (χ1) is 8.93. The number of fused-ring (bicyclic) bond motifs is 1. The fourth-order valence-corrected chi connectivity index (χ4v) is 2.21. The number of ether oxygens (including phenoxy) is 1. The quantitative estimate of drug-likeness (QED) is 0.803. The second kappa shape index (κ2) is 5.05. The fraction of sp³-hybridized carbons (Fsp3) is 0.188. The maximum atomic E-state index is 5.77. The third-order valence-electron chi connectivity index (χ3n) is 3.13. The van der Waals surface area contributed by atoms with Crippen LogP contribution in [0.3, 0.4) is 0 Å². The van der Waals surface area contributed by atoms with Crippen LogP contribution in [0.5, 0.6) is 5.75 Å². The minimum absolute atomic E-state index is 0.543. The molecule has 0 saturated carbocycles. The zero-order valence-electron chi connectivity index (χ0n) is 10.2. The fourth-order valence-electron chi connectivity index (χ4n) is 2.21. The SMILES string of the molecule is c1ccc(OCC2=NCCc3ccccc32)cc1. The molecule has 0 atom stereocenters. The predicted octanol–water partition coefficient (Wildman–Crippen LogP) is 3.11. The van der Waals surface area contributed by atoms with Gasteiger partial charge in [-0.2, -0.15) is 0 Å². The minimum atomic E-state index is 0.543. The lowest BCUT2D eigenvalue weighted by molar-refractivity contribution is 0.376. The second-order valence-electron chi connectivity index (χ2n) is 4.34. The lowest BCUT2D eigenvalue weighted by Crippen LogP contribution is -2.19. The number of aliphatic imine (C=N–C) groups is 1. The van der Waals surface area contributed by atoms with Crippen molar-refractivity contribution in [2.24, 2.45) is 4.99 Å². The molecular formula is C16H15NO. The van der Waals surface area contributed by atoms with Crippen molar-refractivity contribution in [2.75, 3.05) is 13.2 Å². The van der Waals surface area contributed by atoms with Crippen LogP contribution in [0.25, 0.3) is 0 Å².